The highest BCUT2D eigenvalue weighted by Gasteiger charge is 2.41. The van der Waals surface area contributed by atoms with Crippen LogP contribution in [0.25, 0.3) is 11.4 Å². The third-order valence-electron chi connectivity index (χ3n) is 4.18. The van der Waals surface area contributed by atoms with Crippen molar-refractivity contribution in [2.45, 2.75) is 18.4 Å². The molecule has 146 valence electrons. The monoisotopic (exact) mass is 387 g/mol. The molecule has 1 aromatic heterocycles. The van der Waals surface area contributed by atoms with E-state index in [1.54, 1.807) is 0 Å². The van der Waals surface area contributed by atoms with E-state index in [2.05, 4.69) is 14.7 Å². The Morgan fingerprint density at radius 3 is 2.41 bits per heavy atom. The number of halogens is 3. The zero-order valence-electron chi connectivity index (χ0n) is 14.4. The molecule has 0 unspecified atom stereocenters. The third-order valence-corrected chi connectivity index (χ3v) is 4.18. The number of alkyl halides is 3. The Morgan fingerprint density at radius 1 is 1.22 bits per heavy atom. The number of likely N-dealkylation sites (tertiary alicyclic amines) is 1. The van der Waals surface area contributed by atoms with Crippen molar-refractivity contribution < 1.29 is 36.7 Å². The first-order valence-corrected chi connectivity index (χ1v) is 7.85. The van der Waals surface area contributed by atoms with Crippen molar-refractivity contribution in [3.8, 4) is 17.1 Å². The number of amides is 1. The summed E-state index contributed by atoms with van der Waals surface area (Å²) in [6.07, 6.45) is -4.79. The fourth-order valence-corrected chi connectivity index (χ4v) is 2.62. The number of rotatable bonds is 4. The van der Waals surface area contributed by atoms with Crippen LogP contribution in [0.1, 0.15) is 12.3 Å². The Kier molecular flexibility index (Phi) is 5.07. The lowest BCUT2D eigenvalue weighted by atomic mass is 10.2. The molecule has 1 aliphatic rings. The molecule has 0 radical (unpaired) electrons. The summed E-state index contributed by atoms with van der Waals surface area (Å²) in [6, 6.07) is 5.69. The van der Waals surface area contributed by atoms with Crippen LogP contribution in [-0.2, 0) is 15.7 Å². The number of methoxy groups -OCH3 is 2. The molecule has 3 rings (SSSR count). The van der Waals surface area contributed by atoms with Crippen molar-refractivity contribution in [3.05, 3.63) is 30.2 Å². The van der Waals surface area contributed by atoms with E-state index in [1.807, 2.05) is 0 Å². The first kappa shape index (κ1) is 19.1. The second-order valence-electron chi connectivity index (χ2n) is 5.80. The SMILES string of the molecule is COC1(OC)CCN(C(=O)Oc2ccc(-c3noc(C(F)(F)F)n3)cc2)C1. The Bertz CT molecular complexity index is 802. The average molecular weight is 387 g/mol. The molecule has 1 aliphatic heterocycles. The largest absolute Gasteiger partial charge is 0.471 e. The number of benzene rings is 1. The lowest BCUT2D eigenvalue weighted by Crippen LogP contribution is -2.40. The number of hydrogen-bond acceptors (Lipinski definition) is 7. The summed E-state index contributed by atoms with van der Waals surface area (Å²) in [4.78, 5) is 17.0. The van der Waals surface area contributed by atoms with Gasteiger partial charge in [0.1, 0.15) is 5.75 Å². The standard InChI is InChI=1S/C16H16F3N3O5/c1-24-15(25-2)7-8-22(9-15)14(23)26-11-5-3-10(4-6-11)12-20-13(27-21-12)16(17,18)19/h3-6H,7-9H2,1-2H3. The first-order chi connectivity index (χ1) is 12.8. The van der Waals surface area contributed by atoms with E-state index < -0.39 is 23.9 Å². The highest BCUT2D eigenvalue weighted by atomic mass is 19.4. The molecule has 0 atom stereocenters. The predicted molar refractivity (Wildman–Crippen MR) is 83.7 cm³/mol. The van der Waals surface area contributed by atoms with Gasteiger partial charge in [0.05, 0.1) is 6.54 Å². The van der Waals surface area contributed by atoms with E-state index in [4.69, 9.17) is 14.2 Å². The van der Waals surface area contributed by atoms with Crippen molar-refractivity contribution in [1.29, 1.82) is 0 Å². The molecule has 2 heterocycles. The van der Waals surface area contributed by atoms with Crippen molar-refractivity contribution in [1.82, 2.24) is 15.0 Å². The maximum atomic E-state index is 12.5. The van der Waals surface area contributed by atoms with E-state index >= 15 is 0 Å². The Balaban J connectivity index is 1.64. The van der Waals surface area contributed by atoms with Crippen LogP contribution in [0.5, 0.6) is 5.75 Å². The number of aromatic nitrogens is 2. The Hall–Kier alpha value is -2.66. The van der Waals surface area contributed by atoms with Gasteiger partial charge in [-0.1, -0.05) is 5.16 Å². The zero-order chi connectivity index (χ0) is 19.7. The van der Waals surface area contributed by atoms with Gasteiger partial charge in [0, 0.05) is 32.7 Å². The van der Waals surface area contributed by atoms with E-state index in [0.29, 0.717) is 13.0 Å². The quantitative estimate of drug-likeness (QED) is 0.746. The van der Waals surface area contributed by atoms with Crippen LogP contribution >= 0.6 is 0 Å². The van der Waals surface area contributed by atoms with Crippen LogP contribution in [0.15, 0.2) is 28.8 Å². The predicted octanol–water partition coefficient (Wildman–Crippen LogP) is 2.95. The van der Waals surface area contributed by atoms with Gasteiger partial charge in [-0.25, -0.2) is 4.79 Å². The summed E-state index contributed by atoms with van der Waals surface area (Å²) in [5.74, 6) is -2.28. The van der Waals surface area contributed by atoms with Gasteiger partial charge in [0.2, 0.25) is 5.82 Å². The van der Waals surface area contributed by atoms with Crippen molar-refractivity contribution in [3.63, 3.8) is 0 Å². The maximum Gasteiger partial charge on any atom is 0.471 e. The minimum absolute atomic E-state index is 0.218. The van der Waals surface area contributed by atoms with Gasteiger partial charge in [-0.05, 0) is 24.3 Å². The van der Waals surface area contributed by atoms with Crippen LogP contribution in [-0.4, -0.2) is 54.2 Å². The normalized spacial score (nSPS) is 16.6. The zero-order valence-corrected chi connectivity index (χ0v) is 14.4. The Morgan fingerprint density at radius 2 is 1.89 bits per heavy atom. The van der Waals surface area contributed by atoms with E-state index in [1.165, 1.54) is 43.4 Å². The van der Waals surface area contributed by atoms with Gasteiger partial charge in [0.25, 0.3) is 0 Å². The minimum atomic E-state index is -4.71. The van der Waals surface area contributed by atoms with Crippen LogP contribution in [0.2, 0.25) is 0 Å². The number of ether oxygens (including phenoxy) is 3. The molecule has 1 fully saturated rings. The van der Waals surface area contributed by atoms with Crippen LogP contribution in [0.4, 0.5) is 18.0 Å². The number of carbonyl (C=O) groups is 1. The van der Waals surface area contributed by atoms with Gasteiger partial charge in [-0.15, -0.1) is 0 Å². The molecule has 2 aromatic rings. The molecule has 1 saturated heterocycles. The molecular weight excluding hydrogens is 371 g/mol. The highest BCUT2D eigenvalue weighted by molar-refractivity contribution is 5.71. The van der Waals surface area contributed by atoms with E-state index in [0.717, 1.165) is 0 Å². The topological polar surface area (TPSA) is 86.9 Å². The van der Waals surface area contributed by atoms with E-state index in [-0.39, 0.29) is 23.7 Å². The second-order valence-corrected chi connectivity index (χ2v) is 5.80. The van der Waals surface area contributed by atoms with Gasteiger partial charge in [-0.3, -0.25) is 0 Å². The minimum Gasteiger partial charge on any atom is -0.410 e. The lowest BCUT2D eigenvalue weighted by Gasteiger charge is -2.25. The first-order valence-electron chi connectivity index (χ1n) is 7.85. The highest BCUT2D eigenvalue weighted by Crippen LogP contribution is 2.30. The summed E-state index contributed by atoms with van der Waals surface area (Å²) in [5.41, 5.74) is 0.285. The van der Waals surface area contributed by atoms with Crippen molar-refractivity contribution in [2.24, 2.45) is 0 Å². The van der Waals surface area contributed by atoms with E-state index in [9.17, 15) is 18.0 Å². The number of hydrogen-bond donors (Lipinski definition) is 0. The molecule has 27 heavy (non-hydrogen) atoms. The molecular formula is C16H16F3N3O5. The molecule has 1 aromatic carbocycles. The van der Waals surface area contributed by atoms with Gasteiger partial charge >= 0.3 is 18.2 Å². The van der Waals surface area contributed by atoms with Crippen LogP contribution in [0, 0.1) is 0 Å². The average Bonchev–Trinajstić information content (AvgIpc) is 3.30. The molecule has 0 N–H and O–H groups in total. The fourth-order valence-electron chi connectivity index (χ4n) is 2.62. The molecule has 1 amide bonds. The van der Waals surface area contributed by atoms with Crippen LogP contribution < -0.4 is 4.74 Å². The number of carbonyl (C=O) groups excluding carboxylic acids is 1. The summed E-state index contributed by atoms with van der Waals surface area (Å²) >= 11 is 0. The Labute approximate surface area is 151 Å². The van der Waals surface area contributed by atoms with Crippen molar-refractivity contribution >= 4 is 6.09 Å². The van der Waals surface area contributed by atoms with Crippen LogP contribution in [0.3, 0.4) is 0 Å². The molecule has 0 saturated carbocycles. The molecule has 0 aliphatic carbocycles. The van der Waals surface area contributed by atoms with Gasteiger partial charge in [-0.2, -0.15) is 18.2 Å². The maximum absolute atomic E-state index is 12.5. The fraction of sp³-hybridized carbons (Fsp3) is 0.438. The van der Waals surface area contributed by atoms with Gasteiger partial charge < -0.3 is 23.6 Å². The molecule has 11 heteroatoms. The summed E-state index contributed by atoms with van der Waals surface area (Å²) in [6.45, 7) is 0.627. The summed E-state index contributed by atoms with van der Waals surface area (Å²) in [5, 5.41) is 3.29. The number of nitrogens with zero attached hydrogens (tertiary/aromatic N) is 3. The molecule has 0 spiro atoms. The third kappa shape index (κ3) is 4.03. The summed E-state index contributed by atoms with van der Waals surface area (Å²) < 4.78 is 57.5. The van der Waals surface area contributed by atoms with Crippen molar-refractivity contribution in [2.75, 3.05) is 27.3 Å². The molecule has 0 bridgehead atoms. The summed E-state index contributed by atoms with van der Waals surface area (Å²) in [7, 11) is 3.00. The molecule has 8 nitrogen and oxygen atoms in total. The van der Waals surface area contributed by atoms with Gasteiger partial charge in [0.15, 0.2) is 5.79 Å². The lowest BCUT2D eigenvalue weighted by molar-refractivity contribution is -0.194. The smallest absolute Gasteiger partial charge is 0.410 e. The second kappa shape index (κ2) is 7.16.